The monoisotopic (exact) mass is 160 g/mol. The third kappa shape index (κ3) is 1.83. The molecule has 0 unspecified atom stereocenters. The fraction of sp³-hybridized carbons (Fsp3) is 0.111. The minimum absolute atomic E-state index is 0.389. The molecular weight excluding hydrogens is 152 g/mol. The standard InChI is InChI=1S/C9H8N2O/c1-2-5-12-9-7-11-4-3-8(9)6-10/h2-4,7H,1,5H2. The van der Waals surface area contributed by atoms with E-state index < -0.39 is 0 Å². The van der Waals surface area contributed by atoms with Gasteiger partial charge in [-0.15, -0.1) is 0 Å². The van der Waals surface area contributed by atoms with Gasteiger partial charge in [0.2, 0.25) is 0 Å². The summed E-state index contributed by atoms with van der Waals surface area (Å²) in [4.78, 5) is 3.84. The lowest BCUT2D eigenvalue weighted by Crippen LogP contribution is -1.95. The van der Waals surface area contributed by atoms with Crippen LogP contribution in [0.3, 0.4) is 0 Å². The molecule has 0 saturated heterocycles. The molecule has 0 aromatic carbocycles. The Kier molecular flexibility index (Phi) is 2.86. The van der Waals surface area contributed by atoms with Crippen LogP contribution in [0.4, 0.5) is 0 Å². The summed E-state index contributed by atoms with van der Waals surface area (Å²) in [6, 6.07) is 3.61. The van der Waals surface area contributed by atoms with Crippen LogP contribution in [-0.2, 0) is 0 Å². The molecule has 0 bridgehead atoms. The number of aromatic nitrogens is 1. The van der Waals surface area contributed by atoms with Crippen molar-refractivity contribution >= 4 is 0 Å². The molecule has 12 heavy (non-hydrogen) atoms. The summed E-state index contributed by atoms with van der Waals surface area (Å²) in [6.45, 7) is 3.89. The molecule has 0 spiro atoms. The van der Waals surface area contributed by atoms with Gasteiger partial charge >= 0.3 is 0 Å². The van der Waals surface area contributed by atoms with Gasteiger partial charge in [-0.1, -0.05) is 12.7 Å². The number of pyridine rings is 1. The summed E-state index contributed by atoms with van der Waals surface area (Å²) in [5, 5.41) is 8.63. The maximum absolute atomic E-state index is 8.63. The van der Waals surface area contributed by atoms with Crippen LogP contribution in [0, 0.1) is 11.3 Å². The number of hydrogen-bond acceptors (Lipinski definition) is 3. The first kappa shape index (κ1) is 8.28. The van der Waals surface area contributed by atoms with Gasteiger partial charge in [-0.2, -0.15) is 5.26 Å². The van der Waals surface area contributed by atoms with Gasteiger partial charge in [-0.05, 0) is 6.07 Å². The molecule has 1 rings (SSSR count). The second-order valence-corrected chi connectivity index (χ2v) is 2.08. The Hall–Kier alpha value is -1.82. The van der Waals surface area contributed by atoms with Gasteiger partial charge in [0.25, 0.3) is 0 Å². The topological polar surface area (TPSA) is 45.9 Å². The highest BCUT2D eigenvalue weighted by Crippen LogP contribution is 2.14. The number of ether oxygens (including phenoxy) is 1. The van der Waals surface area contributed by atoms with E-state index in [4.69, 9.17) is 10.00 Å². The molecule has 0 radical (unpaired) electrons. The molecule has 0 N–H and O–H groups in total. The summed E-state index contributed by atoms with van der Waals surface area (Å²) < 4.78 is 5.17. The van der Waals surface area contributed by atoms with Crippen molar-refractivity contribution in [1.29, 1.82) is 5.26 Å². The number of hydrogen-bond donors (Lipinski definition) is 0. The zero-order valence-corrected chi connectivity index (χ0v) is 6.53. The average molecular weight is 160 g/mol. The van der Waals surface area contributed by atoms with Gasteiger partial charge in [0.05, 0.1) is 11.8 Å². The molecule has 0 aliphatic carbocycles. The Balaban J connectivity index is 2.83. The molecule has 0 saturated carbocycles. The van der Waals surface area contributed by atoms with Gasteiger partial charge in [0, 0.05) is 6.20 Å². The summed E-state index contributed by atoms with van der Waals surface area (Å²) >= 11 is 0. The summed E-state index contributed by atoms with van der Waals surface area (Å²) in [7, 11) is 0. The largest absolute Gasteiger partial charge is 0.487 e. The predicted molar refractivity (Wildman–Crippen MR) is 44.6 cm³/mol. The van der Waals surface area contributed by atoms with Crippen LogP contribution >= 0.6 is 0 Å². The fourth-order valence-electron chi connectivity index (χ4n) is 0.736. The molecule has 0 atom stereocenters. The minimum atomic E-state index is 0.389. The highest BCUT2D eigenvalue weighted by molar-refractivity contribution is 5.40. The number of nitrogens with zero attached hydrogens (tertiary/aromatic N) is 2. The number of nitriles is 1. The predicted octanol–water partition coefficient (Wildman–Crippen LogP) is 1.52. The quantitative estimate of drug-likeness (QED) is 0.630. The number of rotatable bonds is 3. The van der Waals surface area contributed by atoms with Crippen molar-refractivity contribution in [2.45, 2.75) is 0 Å². The van der Waals surface area contributed by atoms with Crippen LogP contribution in [0.15, 0.2) is 31.1 Å². The maximum atomic E-state index is 8.63. The maximum Gasteiger partial charge on any atom is 0.155 e. The lowest BCUT2D eigenvalue weighted by atomic mass is 10.3. The molecule has 0 fully saturated rings. The van der Waals surface area contributed by atoms with E-state index in [1.165, 1.54) is 6.20 Å². The summed E-state index contributed by atoms with van der Waals surface area (Å²) in [6.07, 6.45) is 4.69. The molecule has 1 heterocycles. The molecule has 0 aliphatic heterocycles. The van der Waals surface area contributed by atoms with Crippen LogP contribution in [0.2, 0.25) is 0 Å². The third-order valence-corrected chi connectivity index (χ3v) is 1.26. The van der Waals surface area contributed by atoms with Gasteiger partial charge < -0.3 is 4.74 Å². The van der Waals surface area contributed by atoms with Crippen molar-refractivity contribution in [3.05, 3.63) is 36.7 Å². The van der Waals surface area contributed by atoms with Crippen molar-refractivity contribution < 1.29 is 4.74 Å². The molecule has 0 amide bonds. The van der Waals surface area contributed by atoms with E-state index in [2.05, 4.69) is 11.6 Å². The third-order valence-electron chi connectivity index (χ3n) is 1.26. The highest BCUT2D eigenvalue weighted by atomic mass is 16.5. The van der Waals surface area contributed by atoms with E-state index in [-0.39, 0.29) is 0 Å². The first-order valence-corrected chi connectivity index (χ1v) is 3.46. The van der Waals surface area contributed by atoms with Gasteiger partial charge in [-0.3, -0.25) is 4.98 Å². The first-order valence-electron chi connectivity index (χ1n) is 3.46. The van der Waals surface area contributed by atoms with Crippen LogP contribution < -0.4 is 4.74 Å². The minimum Gasteiger partial charge on any atom is -0.487 e. The van der Waals surface area contributed by atoms with E-state index in [1.807, 2.05) is 6.07 Å². The Labute approximate surface area is 70.9 Å². The molecule has 3 nitrogen and oxygen atoms in total. The lowest BCUT2D eigenvalue weighted by Gasteiger charge is -2.02. The van der Waals surface area contributed by atoms with Gasteiger partial charge in [0.15, 0.2) is 5.75 Å². The lowest BCUT2D eigenvalue weighted by molar-refractivity contribution is 0.360. The van der Waals surface area contributed by atoms with Crippen molar-refractivity contribution in [2.75, 3.05) is 6.61 Å². The van der Waals surface area contributed by atoms with Crippen LogP contribution in [0.25, 0.3) is 0 Å². The Morgan fingerprint density at radius 2 is 2.58 bits per heavy atom. The molecule has 3 heteroatoms. The SMILES string of the molecule is C=CCOc1cnccc1C#N. The van der Waals surface area contributed by atoms with E-state index in [0.717, 1.165) is 0 Å². The smallest absolute Gasteiger partial charge is 0.155 e. The highest BCUT2D eigenvalue weighted by Gasteiger charge is 1.99. The van der Waals surface area contributed by atoms with Crippen molar-refractivity contribution in [3.63, 3.8) is 0 Å². The molecule has 60 valence electrons. The zero-order valence-electron chi connectivity index (χ0n) is 6.53. The van der Waals surface area contributed by atoms with Gasteiger partial charge in [0.1, 0.15) is 12.7 Å². The van der Waals surface area contributed by atoms with E-state index in [0.29, 0.717) is 17.9 Å². The average Bonchev–Trinajstić information content (AvgIpc) is 2.15. The normalized spacial score (nSPS) is 8.58. The molecule has 1 aromatic heterocycles. The van der Waals surface area contributed by atoms with E-state index in [1.54, 1.807) is 18.3 Å². The Bertz CT molecular complexity index is 315. The Morgan fingerprint density at radius 1 is 1.75 bits per heavy atom. The summed E-state index contributed by atoms with van der Waals surface area (Å²) in [5.74, 6) is 0.500. The molecule has 0 aliphatic rings. The zero-order chi connectivity index (χ0) is 8.81. The van der Waals surface area contributed by atoms with Gasteiger partial charge in [-0.25, -0.2) is 0 Å². The second kappa shape index (κ2) is 4.14. The van der Waals surface area contributed by atoms with E-state index >= 15 is 0 Å². The van der Waals surface area contributed by atoms with E-state index in [9.17, 15) is 0 Å². The Morgan fingerprint density at radius 3 is 3.25 bits per heavy atom. The molecule has 1 aromatic rings. The van der Waals surface area contributed by atoms with Crippen LogP contribution in [0.5, 0.6) is 5.75 Å². The second-order valence-electron chi connectivity index (χ2n) is 2.08. The summed E-state index contributed by atoms with van der Waals surface area (Å²) in [5.41, 5.74) is 0.492. The van der Waals surface area contributed by atoms with Crippen molar-refractivity contribution in [3.8, 4) is 11.8 Å². The molecular formula is C9H8N2O. The fourth-order valence-corrected chi connectivity index (χ4v) is 0.736. The van der Waals surface area contributed by atoms with Crippen molar-refractivity contribution in [1.82, 2.24) is 4.98 Å². The van der Waals surface area contributed by atoms with Crippen LogP contribution in [0.1, 0.15) is 5.56 Å². The van der Waals surface area contributed by atoms with Crippen LogP contribution in [-0.4, -0.2) is 11.6 Å². The first-order chi connectivity index (χ1) is 5.88. The van der Waals surface area contributed by atoms with Crippen molar-refractivity contribution in [2.24, 2.45) is 0 Å².